The van der Waals surface area contributed by atoms with Crippen molar-refractivity contribution >= 4 is 46.3 Å². The van der Waals surface area contributed by atoms with Gasteiger partial charge in [0.2, 0.25) is 0 Å². The Labute approximate surface area is 178 Å². The molecule has 0 fully saturated rings. The molecule has 6 heteroatoms. The van der Waals surface area contributed by atoms with Crippen LogP contribution in [0, 0.1) is 0 Å². The Morgan fingerprint density at radius 1 is 0.724 bits per heavy atom. The first kappa shape index (κ1) is 19.2. The average Bonchev–Trinajstić information content (AvgIpc) is 2.95. The lowest BCUT2D eigenvalue weighted by molar-refractivity contribution is -0.137. The van der Waals surface area contributed by atoms with Gasteiger partial charge in [0.05, 0.1) is 12.1 Å². The molecule has 1 aliphatic heterocycles. The van der Waals surface area contributed by atoms with Crippen molar-refractivity contribution in [1.82, 2.24) is 4.90 Å². The minimum absolute atomic E-state index is 0.159. The van der Waals surface area contributed by atoms with Crippen molar-refractivity contribution in [2.45, 2.75) is 6.54 Å². The van der Waals surface area contributed by atoms with E-state index in [9.17, 15) is 9.59 Å². The van der Waals surface area contributed by atoms with Crippen LogP contribution in [0.15, 0.2) is 84.6 Å². The number of hydrogen-bond donors (Lipinski definition) is 1. The SMILES string of the molecule is O=C1C(Nc2ccccc2)=C(c2ccc(Cl)cc2)C(=O)N1Cc1ccc(Cl)cc1. The van der Waals surface area contributed by atoms with Gasteiger partial charge in [-0.3, -0.25) is 14.5 Å². The molecule has 0 aromatic heterocycles. The van der Waals surface area contributed by atoms with Crippen LogP contribution in [0.1, 0.15) is 11.1 Å². The van der Waals surface area contributed by atoms with Gasteiger partial charge in [-0.1, -0.05) is 65.7 Å². The highest BCUT2D eigenvalue weighted by molar-refractivity contribution is 6.37. The van der Waals surface area contributed by atoms with E-state index in [4.69, 9.17) is 23.2 Å². The predicted molar refractivity (Wildman–Crippen MR) is 115 cm³/mol. The van der Waals surface area contributed by atoms with Crippen LogP contribution in [0.2, 0.25) is 10.0 Å². The van der Waals surface area contributed by atoms with Crippen LogP contribution in [-0.4, -0.2) is 16.7 Å². The molecule has 0 bridgehead atoms. The van der Waals surface area contributed by atoms with Gasteiger partial charge in [-0.05, 0) is 47.5 Å². The maximum Gasteiger partial charge on any atom is 0.278 e. The number of rotatable bonds is 5. The van der Waals surface area contributed by atoms with Crippen LogP contribution in [0.3, 0.4) is 0 Å². The van der Waals surface area contributed by atoms with Crippen LogP contribution in [0.5, 0.6) is 0 Å². The Bertz CT molecular complexity index is 1090. The molecular weight excluding hydrogens is 407 g/mol. The average molecular weight is 423 g/mol. The number of anilines is 1. The first-order valence-corrected chi connectivity index (χ1v) is 9.71. The van der Waals surface area contributed by atoms with Gasteiger partial charge in [0.1, 0.15) is 5.70 Å². The quantitative estimate of drug-likeness (QED) is 0.561. The monoisotopic (exact) mass is 422 g/mol. The van der Waals surface area contributed by atoms with Crippen LogP contribution < -0.4 is 5.32 Å². The molecule has 0 radical (unpaired) electrons. The van der Waals surface area contributed by atoms with Gasteiger partial charge in [-0.15, -0.1) is 0 Å². The number of para-hydroxylation sites is 1. The van der Waals surface area contributed by atoms with E-state index in [1.165, 1.54) is 4.90 Å². The molecule has 0 aliphatic carbocycles. The summed E-state index contributed by atoms with van der Waals surface area (Å²) in [7, 11) is 0. The highest BCUT2D eigenvalue weighted by Gasteiger charge is 2.39. The second-order valence-electron chi connectivity index (χ2n) is 6.57. The van der Waals surface area contributed by atoms with Gasteiger partial charge in [0.15, 0.2) is 0 Å². The summed E-state index contributed by atoms with van der Waals surface area (Å²) in [6.07, 6.45) is 0. The molecule has 0 unspecified atom stereocenters. The molecule has 1 N–H and O–H groups in total. The van der Waals surface area contributed by atoms with Gasteiger partial charge in [-0.2, -0.15) is 0 Å². The van der Waals surface area contributed by atoms with Crippen molar-refractivity contribution in [2.75, 3.05) is 5.32 Å². The summed E-state index contributed by atoms with van der Waals surface area (Å²) in [5.74, 6) is -0.732. The second-order valence-corrected chi connectivity index (χ2v) is 7.44. The third kappa shape index (κ3) is 4.04. The van der Waals surface area contributed by atoms with Crippen LogP contribution in [0.25, 0.3) is 5.57 Å². The molecule has 0 atom stereocenters. The Morgan fingerprint density at radius 2 is 1.31 bits per heavy atom. The number of nitrogens with one attached hydrogen (secondary N) is 1. The normalized spacial score (nSPS) is 13.9. The molecule has 0 saturated carbocycles. The van der Waals surface area contributed by atoms with Gasteiger partial charge in [0, 0.05) is 15.7 Å². The summed E-state index contributed by atoms with van der Waals surface area (Å²) in [6.45, 7) is 0.159. The van der Waals surface area contributed by atoms with Crippen molar-refractivity contribution in [3.05, 3.63) is 106 Å². The number of carbonyl (C=O) groups is 2. The first-order chi connectivity index (χ1) is 14.0. The highest BCUT2D eigenvalue weighted by atomic mass is 35.5. The summed E-state index contributed by atoms with van der Waals surface area (Å²) in [5, 5.41) is 4.28. The molecule has 3 aromatic rings. The lowest BCUT2D eigenvalue weighted by atomic mass is 10.0. The molecule has 1 aliphatic rings. The third-order valence-electron chi connectivity index (χ3n) is 4.60. The molecular formula is C23H16Cl2N2O2. The number of imide groups is 1. The van der Waals surface area contributed by atoms with Crippen molar-refractivity contribution in [1.29, 1.82) is 0 Å². The zero-order valence-corrected chi connectivity index (χ0v) is 16.7. The summed E-state index contributed by atoms with van der Waals surface area (Å²) in [6, 6.07) is 23.2. The number of carbonyl (C=O) groups excluding carboxylic acids is 2. The molecule has 3 aromatic carbocycles. The van der Waals surface area contributed by atoms with Crippen LogP contribution in [0.4, 0.5) is 5.69 Å². The minimum atomic E-state index is -0.376. The van der Waals surface area contributed by atoms with Crippen molar-refractivity contribution in [2.24, 2.45) is 0 Å². The van der Waals surface area contributed by atoms with Gasteiger partial charge in [0.25, 0.3) is 11.8 Å². The molecule has 144 valence electrons. The maximum atomic E-state index is 13.2. The van der Waals surface area contributed by atoms with Crippen molar-refractivity contribution in [3.63, 3.8) is 0 Å². The lowest BCUT2D eigenvalue weighted by Crippen LogP contribution is -2.31. The Hall–Kier alpha value is -3.08. The lowest BCUT2D eigenvalue weighted by Gasteiger charge is -2.15. The van der Waals surface area contributed by atoms with Crippen LogP contribution in [-0.2, 0) is 16.1 Å². The summed E-state index contributed by atoms with van der Waals surface area (Å²) in [5.41, 5.74) is 2.74. The molecule has 4 nitrogen and oxygen atoms in total. The van der Waals surface area contributed by atoms with Crippen molar-refractivity contribution in [3.8, 4) is 0 Å². The summed E-state index contributed by atoms with van der Waals surface area (Å²) < 4.78 is 0. The number of nitrogens with zero attached hydrogens (tertiary/aromatic N) is 1. The molecule has 29 heavy (non-hydrogen) atoms. The molecule has 2 amide bonds. The Balaban J connectivity index is 1.72. The Kier molecular flexibility index (Phi) is 5.38. The fourth-order valence-corrected chi connectivity index (χ4v) is 3.41. The van der Waals surface area contributed by atoms with E-state index >= 15 is 0 Å². The fourth-order valence-electron chi connectivity index (χ4n) is 3.16. The zero-order chi connectivity index (χ0) is 20.4. The third-order valence-corrected chi connectivity index (χ3v) is 5.10. The van der Waals surface area contributed by atoms with E-state index < -0.39 is 0 Å². The molecule has 1 heterocycles. The number of hydrogen-bond acceptors (Lipinski definition) is 3. The standard InChI is InChI=1S/C23H16Cl2N2O2/c24-17-10-6-15(7-11-17)14-27-22(28)20(16-8-12-18(25)13-9-16)21(23(27)29)26-19-4-2-1-3-5-19/h1-13,26H,14H2. The van der Waals surface area contributed by atoms with E-state index in [1.54, 1.807) is 48.5 Å². The van der Waals surface area contributed by atoms with Gasteiger partial charge < -0.3 is 5.32 Å². The van der Waals surface area contributed by atoms with Gasteiger partial charge >= 0.3 is 0 Å². The van der Waals surface area contributed by atoms with E-state index in [1.807, 2.05) is 30.3 Å². The van der Waals surface area contributed by atoms with E-state index in [0.717, 1.165) is 11.3 Å². The molecule has 4 rings (SSSR count). The topological polar surface area (TPSA) is 49.4 Å². The van der Waals surface area contributed by atoms with Crippen LogP contribution >= 0.6 is 23.2 Å². The first-order valence-electron chi connectivity index (χ1n) is 8.96. The van der Waals surface area contributed by atoms with Gasteiger partial charge in [-0.25, -0.2) is 0 Å². The fraction of sp³-hybridized carbons (Fsp3) is 0.0435. The highest BCUT2D eigenvalue weighted by Crippen LogP contribution is 2.32. The number of halogens is 2. The molecule has 0 spiro atoms. The summed E-state index contributed by atoms with van der Waals surface area (Å²) in [4.78, 5) is 27.6. The zero-order valence-electron chi connectivity index (χ0n) is 15.2. The maximum absolute atomic E-state index is 13.2. The summed E-state index contributed by atoms with van der Waals surface area (Å²) >= 11 is 11.9. The number of amides is 2. The Morgan fingerprint density at radius 3 is 1.93 bits per heavy atom. The minimum Gasteiger partial charge on any atom is -0.350 e. The van der Waals surface area contributed by atoms with E-state index in [2.05, 4.69) is 5.32 Å². The molecule has 0 saturated heterocycles. The van der Waals surface area contributed by atoms with Crippen molar-refractivity contribution < 1.29 is 9.59 Å². The predicted octanol–water partition coefficient (Wildman–Crippen LogP) is 5.39. The second kappa shape index (κ2) is 8.11. The van der Waals surface area contributed by atoms with E-state index in [0.29, 0.717) is 21.2 Å². The number of benzene rings is 3. The smallest absolute Gasteiger partial charge is 0.278 e. The largest absolute Gasteiger partial charge is 0.350 e. The van der Waals surface area contributed by atoms with E-state index in [-0.39, 0.29) is 24.1 Å².